The lowest BCUT2D eigenvalue weighted by molar-refractivity contribution is -0.124. The van der Waals surface area contributed by atoms with Crippen LogP contribution >= 0.6 is 0 Å². The van der Waals surface area contributed by atoms with E-state index in [2.05, 4.69) is 10.6 Å². The number of amides is 2. The summed E-state index contributed by atoms with van der Waals surface area (Å²) in [4.78, 5) is 23.5. The Labute approximate surface area is 163 Å². The summed E-state index contributed by atoms with van der Waals surface area (Å²) < 4.78 is 20.8. The van der Waals surface area contributed by atoms with Gasteiger partial charge in [-0.3, -0.25) is 9.59 Å². The SMILES string of the molecule is COc1ccc(OCC(=O)NCCNC(=O)COc2ccc(OC)cc2)cc1. The lowest BCUT2D eigenvalue weighted by Gasteiger charge is -2.10. The molecule has 2 rings (SSSR count). The van der Waals surface area contributed by atoms with E-state index >= 15 is 0 Å². The van der Waals surface area contributed by atoms with Gasteiger partial charge >= 0.3 is 0 Å². The topological polar surface area (TPSA) is 95.1 Å². The third-order valence-corrected chi connectivity index (χ3v) is 3.63. The number of methoxy groups -OCH3 is 2. The molecule has 8 heteroatoms. The third-order valence-electron chi connectivity index (χ3n) is 3.63. The van der Waals surface area contributed by atoms with Gasteiger partial charge < -0.3 is 29.6 Å². The van der Waals surface area contributed by atoms with Crippen LogP contribution in [0.3, 0.4) is 0 Å². The zero-order chi connectivity index (χ0) is 20.2. The number of carbonyl (C=O) groups excluding carboxylic acids is 2. The summed E-state index contributed by atoms with van der Waals surface area (Å²) in [6.45, 7) is 0.361. The standard InChI is InChI=1S/C20H24N2O6/c1-25-15-3-7-17(8-4-15)27-13-19(23)21-11-12-22-20(24)14-28-18-9-5-16(26-2)6-10-18/h3-10H,11-14H2,1-2H3,(H,21,23)(H,22,24). The van der Waals surface area contributed by atoms with E-state index in [-0.39, 0.29) is 25.0 Å². The maximum absolute atomic E-state index is 11.7. The number of benzene rings is 2. The molecule has 0 heterocycles. The van der Waals surface area contributed by atoms with Crippen LogP contribution in [-0.2, 0) is 9.59 Å². The number of rotatable bonds is 11. The Hall–Kier alpha value is -3.42. The molecule has 0 unspecified atom stereocenters. The number of hydrogen-bond acceptors (Lipinski definition) is 6. The lowest BCUT2D eigenvalue weighted by Crippen LogP contribution is -2.38. The first-order chi connectivity index (χ1) is 13.6. The largest absolute Gasteiger partial charge is 0.497 e. The highest BCUT2D eigenvalue weighted by Gasteiger charge is 2.05. The van der Waals surface area contributed by atoms with Gasteiger partial charge in [0.25, 0.3) is 11.8 Å². The predicted octanol–water partition coefficient (Wildman–Crippen LogP) is 1.39. The van der Waals surface area contributed by atoms with Crippen molar-refractivity contribution in [1.82, 2.24) is 10.6 Å². The van der Waals surface area contributed by atoms with Crippen LogP contribution in [0.2, 0.25) is 0 Å². The van der Waals surface area contributed by atoms with E-state index in [1.54, 1.807) is 62.8 Å². The summed E-state index contributed by atoms with van der Waals surface area (Å²) in [5, 5.41) is 5.32. The van der Waals surface area contributed by atoms with Crippen LogP contribution in [0.15, 0.2) is 48.5 Å². The molecule has 2 aromatic carbocycles. The molecule has 0 radical (unpaired) electrons. The monoisotopic (exact) mass is 388 g/mol. The van der Waals surface area contributed by atoms with E-state index in [9.17, 15) is 9.59 Å². The summed E-state index contributed by atoms with van der Waals surface area (Å²) in [5.41, 5.74) is 0. The molecule has 0 spiro atoms. The van der Waals surface area contributed by atoms with Crippen molar-refractivity contribution >= 4 is 11.8 Å². The fraction of sp³-hybridized carbons (Fsp3) is 0.300. The molecule has 0 aliphatic rings. The summed E-state index contributed by atoms with van der Waals surface area (Å²) in [6.07, 6.45) is 0. The van der Waals surface area contributed by atoms with Crippen LogP contribution < -0.4 is 29.6 Å². The highest BCUT2D eigenvalue weighted by Crippen LogP contribution is 2.17. The van der Waals surface area contributed by atoms with Gasteiger partial charge in [-0.15, -0.1) is 0 Å². The van der Waals surface area contributed by atoms with Crippen LogP contribution in [0.1, 0.15) is 0 Å². The lowest BCUT2D eigenvalue weighted by atomic mass is 10.3. The Morgan fingerprint density at radius 2 is 0.964 bits per heavy atom. The molecule has 2 amide bonds. The molecule has 2 N–H and O–H groups in total. The molecule has 8 nitrogen and oxygen atoms in total. The van der Waals surface area contributed by atoms with Gasteiger partial charge in [-0.1, -0.05) is 0 Å². The second kappa shape index (κ2) is 11.3. The smallest absolute Gasteiger partial charge is 0.258 e. The Morgan fingerprint density at radius 3 is 1.29 bits per heavy atom. The maximum Gasteiger partial charge on any atom is 0.258 e. The Kier molecular flexibility index (Phi) is 8.45. The predicted molar refractivity (Wildman–Crippen MR) is 103 cm³/mol. The van der Waals surface area contributed by atoms with Crippen LogP contribution in [0.4, 0.5) is 0 Å². The third kappa shape index (κ3) is 7.45. The van der Waals surface area contributed by atoms with Crippen LogP contribution in [-0.4, -0.2) is 52.3 Å². The summed E-state index contributed by atoms with van der Waals surface area (Å²) in [5.74, 6) is 2.01. The van der Waals surface area contributed by atoms with Gasteiger partial charge in [0, 0.05) is 13.1 Å². The molecular formula is C20H24N2O6. The molecule has 2 aromatic rings. The fourth-order valence-electron chi connectivity index (χ4n) is 2.15. The highest BCUT2D eigenvalue weighted by atomic mass is 16.5. The van der Waals surface area contributed by atoms with Crippen molar-refractivity contribution in [2.75, 3.05) is 40.5 Å². The molecule has 0 fully saturated rings. The van der Waals surface area contributed by atoms with Gasteiger partial charge in [-0.25, -0.2) is 0 Å². The van der Waals surface area contributed by atoms with E-state index in [0.717, 1.165) is 0 Å². The van der Waals surface area contributed by atoms with E-state index in [0.29, 0.717) is 36.1 Å². The molecule has 150 valence electrons. The van der Waals surface area contributed by atoms with Crippen molar-refractivity contribution < 1.29 is 28.5 Å². The zero-order valence-electron chi connectivity index (χ0n) is 15.9. The number of carbonyl (C=O) groups is 2. The van der Waals surface area contributed by atoms with E-state index < -0.39 is 0 Å². The molecule has 0 saturated heterocycles. The first-order valence-electron chi connectivity index (χ1n) is 8.68. The minimum Gasteiger partial charge on any atom is -0.497 e. The van der Waals surface area contributed by atoms with Crippen molar-refractivity contribution in [2.45, 2.75) is 0 Å². The molecule has 0 bridgehead atoms. The minimum absolute atomic E-state index is 0.110. The Morgan fingerprint density at radius 1 is 0.643 bits per heavy atom. The zero-order valence-corrected chi connectivity index (χ0v) is 15.9. The summed E-state index contributed by atoms with van der Waals surface area (Å²) >= 11 is 0. The van der Waals surface area contributed by atoms with Gasteiger partial charge in [0.05, 0.1) is 14.2 Å². The molecule has 0 atom stereocenters. The molecule has 0 saturated carbocycles. The number of nitrogens with one attached hydrogen (secondary N) is 2. The van der Waals surface area contributed by atoms with Crippen molar-refractivity contribution in [3.8, 4) is 23.0 Å². The van der Waals surface area contributed by atoms with Crippen LogP contribution in [0.25, 0.3) is 0 Å². The quantitative estimate of drug-likeness (QED) is 0.565. The first kappa shape index (κ1) is 20.9. The van der Waals surface area contributed by atoms with Gasteiger partial charge in [0.2, 0.25) is 0 Å². The van der Waals surface area contributed by atoms with Gasteiger partial charge in [0.1, 0.15) is 23.0 Å². The number of hydrogen-bond donors (Lipinski definition) is 2. The van der Waals surface area contributed by atoms with Gasteiger partial charge in [-0.05, 0) is 48.5 Å². The minimum atomic E-state index is -0.278. The van der Waals surface area contributed by atoms with Gasteiger partial charge in [0.15, 0.2) is 13.2 Å². The second-order valence-electron chi connectivity index (χ2n) is 5.63. The van der Waals surface area contributed by atoms with E-state index in [4.69, 9.17) is 18.9 Å². The molecule has 0 aromatic heterocycles. The average molecular weight is 388 g/mol. The Balaban J connectivity index is 1.55. The van der Waals surface area contributed by atoms with Crippen molar-refractivity contribution in [3.05, 3.63) is 48.5 Å². The molecule has 0 aliphatic heterocycles. The summed E-state index contributed by atoms with van der Waals surface area (Å²) in [6, 6.07) is 13.9. The second-order valence-corrected chi connectivity index (χ2v) is 5.63. The Bertz CT molecular complexity index is 681. The first-order valence-corrected chi connectivity index (χ1v) is 8.68. The van der Waals surface area contributed by atoms with Crippen LogP contribution in [0, 0.1) is 0 Å². The van der Waals surface area contributed by atoms with Gasteiger partial charge in [-0.2, -0.15) is 0 Å². The molecule has 28 heavy (non-hydrogen) atoms. The highest BCUT2D eigenvalue weighted by molar-refractivity contribution is 5.78. The van der Waals surface area contributed by atoms with E-state index in [1.165, 1.54) is 0 Å². The maximum atomic E-state index is 11.7. The molecule has 0 aliphatic carbocycles. The van der Waals surface area contributed by atoms with Crippen LogP contribution in [0.5, 0.6) is 23.0 Å². The fourth-order valence-corrected chi connectivity index (χ4v) is 2.15. The van der Waals surface area contributed by atoms with Crippen molar-refractivity contribution in [1.29, 1.82) is 0 Å². The molecular weight excluding hydrogens is 364 g/mol. The number of ether oxygens (including phenoxy) is 4. The average Bonchev–Trinajstić information content (AvgIpc) is 2.74. The normalized spacial score (nSPS) is 9.93. The van der Waals surface area contributed by atoms with Crippen molar-refractivity contribution in [2.24, 2.45) is 0 Å². The van der Waals surface area contributed by atoms with Crippen molar-refractivity contribution in [3.63, 3.8) is 0 Å². The van der Waals surface area contributed by atoms with E-state index in [1.807, 2.05) is 0 Å². The summed E-state index contributed by atoms with van der Waals surface area (Å²) in [7, 11) is 3.15.